The molecule has 5 rings (SSSR count). The summed E-state index contributed by atoms with van der Waals surface area (Å²) in [5, 5.41) is 13.3. The summed E-state index contributed by atoms with van der Waals surface area (Å²) in [5.74, 6) is 0.140. The maximum absolute atomic E-state index is 15.9. The topological polar surface area (TPSA) is 150 Å². The zero-order chi connectivity index (χ0) is 27.1. The lowest BCUT2D eigenvalue weighted by molar-refractivity contribution is -0.142. The van der Waals surface area contributed by atoms with Gasteiger partial charge in [-0.05, 0) is 26.0 Å². The van der Waals surface area contributed by atoms with Gasteiger partial charge in [-0.25, -0.2) is 23.9 Å². The van der Waals surface area contributed by atoms with E-state index in [0.29, 0.717) is 17.0 Å². The maximum Gasteiger partial charge on any atom is 0.459 e. The van der Waals surface area contributed by atoms with E-state index in [9.17, 15) is 14.5 Å². The number of nitrogens with zero attached hydrogens (tertiary/aromatic N) is 5. The van der Waals surface area contributed by atoms with E-state index >= 15 is 4.39 Å². The fourth-order valence-corrected chi connectivity index (χ4v) is 5.71. The molecule has 2 aliphatic rings. The van der Waals surface area contributed by atoms with E-state index in [0.717, 1.165) is 13.1 Å². The van der Waals surface area contributed by atoms with Crippen molar-refractivity contribution >= 4 is 30.7 Å². The molecule has 1 aromatic carbocycles. The van der Waals surface area contributed by atoms with Crippen LogP contribution in [0.4, 0.5) is 10.2 Å². The van der Waals surface area contributed by atoms with Crippen molar-refractivity contribution < 1.29 is 37.4 Å². The van der Waals surface area contributed by atoms with E-state index in [2.05, 4.69) is 24.8 Å². The molecule has 0 saturated carbocycles. The number of carbonyl (C=O) groups is 1. The molecular weight excluding hydrogens is 522 g/mol. The molecule has 2 saturated heterocycles. The molecular formula is C23H28FN6O7P. The van der Waals surface area contributed by atoms with Crippen molar-refractivity contribution in [3.63, 3.8) is 0 Å². The minimum Gasteiger partial charge on any atom is -0.468 e. The van der Waals surface area contributed by atoms with Gasteiger partial charge in [-0.3, -0.25) is 13.9 Å². The summed E-state index contributed by atoms with van der Waals surface area (Å²) in [6.45, 7) is 3.77. The summed E-state index contributed by atoms with van der Waals surface area (Å²) in [6.07, 6.45) is -1.48. The summed E-state index contributed by atoms with van der Waals surface area (Å²) in [5.41, 5.74) is -1.46. The van der Waals surface area contributed by atoms with Crippen LogP contribution in [-0.2, 0) is 23.4 Å². The Hall–Kier alpha value is -3.16. The monoisotopic (exact) mass is 550 g/mol. The van der Waals surface area contributed by atoms with Crippen molar-refractivity contribution in [1.82, 2.24) is 24.6 Å². The third kappa shape index (κ3) is 5.09. The number of aliphatic hydroxyl groups is 1. The quantitative estimate of drug-likeness (QED) is 0.216. The number of methoxy groups -OCH3 is 1. The number of aliphatic hydroxyl groups excluding tert-OH is 1. The average Bonchev–Trinajstić information content (AvgIpc) is 3.62. The van der Waals surface area contributed by atoms with Gasteiger partial charge in [0.15, 0.2) is 28.9 Å². The van der Waals surface area contributed by atoms with E-state index in [-0.39, 0.29) is 5.75 Å². The molecule has 38 heavy (non-hydrogen) atoms. The number of ether oxygens (including phenoxy) is 2. The zero-order valence-electron chi connectivity index (χ0n) is 20.9. The molecule has 204 valence electrons. The van der Waals surface area contributed by atoms with E-state index in [1.54, 1.807) is 30.3 Å². The number of esters is 1. The molecule has 15 heteroatoms. The van der Waals surface area contributed by atoms with Gasteiger partial charge in [0.2, 0.25) is 0 Å². The lowest BCUT2D eigenvalue weighted by Gasteiger charge is -2.25. The molecule has 0 bridgehead atoms. The van der Waals surface area contributed by atoms with Gasteiger partial charge in [-0.1, -0.05) is 18.2 Å². The van der Waals surface area contributed by atoms with Crippen LogP contribution in [0.3, 0.4) is 0 Å². The second-order valence-corrected chi connectivity index (χ2v) is 10.9. The van der Waals surface area contributed by atoms with Crippen LogP contribution in [0.2, 0.25) is 0 Å². The van der Waals surface area contributed by atoms with Gasteiger partial charge in [0, 0.05) is 13.1 Å². The van der Waals surface area contributed by atoms with E-state index in [1.807, 2.05) is 4.90 Å². The third-order valence-electron chi connectivity index (χ3n) is 6.34. The number of hydrogen-bond donors (Lipinski definition) is 2. The lowest BCUT2D eigenvalue weighted by Crippen LogP contribution is -2.41. The molecule has 13 nitrogen and oxygen atoms in total. The minimum absolute atomic E-state index is 0.202. The Morgan fingerprint density at radius 1 is 1.32 bits per heavy atom. The second kappa shape index (κ2) is 10.2. The summed E-state index contributed by atoms with van der Waals surface area (Å²) in [6, 6.07) is 7.11. The highest BCUT2D eigenvalue weighted by molar-refractivity contribution is 7.52. The number of alkyl halides is 1. The van der Waals surface area contributed by atoms with Crippen LogP contribution in [-0.4, -0.2) is 81.3 Å². The maximum atomic E-state index is 15.9. The fourth-order valence-electron chi connectivity index (χ4n) is 4.20. The smallest absolute Gasteiger partial charge is 0.459 e. The number of para-hydroxylation sites is 1. The number of halogens is 1. The largest absolute Gasteiger partial charge is 0.468 e. The van der Waals surface area contributed by atoms with Crippen LogP contribution < -0.4 is 14.5 Å². The molecule has 0 aliphatic carbocycles. The molecule has 2 unspecified atom stereocenters. The van der Waals surface area contributed by atoms with Gasteiger partial charge >= 0.3 is 13.7 Å². The van der Waals surface area contributed by atoms with Crippen molar-refractivity contribution in [3.8, 4) is 5.75 Å². The highest BCUT2D eigenvalue weighted by Crippen LogP contribution is 2.48. The first-order valence-corrected chi connectivity index (χ1v) is 13.5. The Kier molecular flexibility index (Phi) is 7.09. The lowest BCUT2D eigenvalue weighted by atomic mass is 9.98. The number of rotatable bonds is 10. The SMILES string of the molecule is COC(=O)C(C)NP(=O)(OC[C@H]1O[C@@H](n2cnc3c(N4CC4)ncnc32)[C@](C)(F)[C@@H]1O)Oc1ccccc1. The van der Waals surface area contributed by atoms with Crippen molar-refractivity contribution in [1.29, 1.82) is 0 Å². The number of fused-ring (bicyclic) bond motifs is 1. The van der Waals surface area contributed by atoms with Gasteiger partial charge in [0.1, 0.15) is 30.3 Å². The minimum atomic E-state index is -4.22. The number of imidazole rings is 1. The van der Waals surface area contributed by atoms with Gasteiger partial charge in [0.05, 0.1) is 20.0 Å². The fraction of sp³-hybridized carbons (Fsp3) is 0.478. The molecule has 2 aliphatic heterocycles. The normalized spacial score (nSPS) is 27.2. The molecule has 3 aromatic rings. The van der Waals surface area contributed by atoms with Gasteiger partial charge < -0.3 is 24.0 Å². The molecule has 2 N–H and O–H groups in total. The van der Waals surface area contributed by atoms with Crippen LogP contribution in [0.5, 0.6) is 5.75 Å². The van der Waals surface area contributed by atoms with E-state index < -0.39 is 50.5 Å². The van der Waals surface area contributed by atoms with Crippen molar-refractivity contribution in [2.24, 2.45) is 0 Å². The van der Waals surface area contributed by atoms with Crippen LogP contribution >= 0.6 is 7.75 Å². The highest BCUT2D eigenvalue weighted by Gasteiger charge is 2.56. The first kappa shape index (κ1) is 26.4. The predicted octanol–water partition coefficient (Wildman–Crippen LogP) is 1.99. The van der Waals surface area contributed by atoms with Crippen molar-refractivity contribution in [2.75, 3.05) is 31.7 Å². The summed E-state index contributed by atoms with van der Waals surface area (Å²) >= 11 is 0. The highest BCUT2D eigenvalue weighted by atomic mass is 31.2. The van der Waals surface area contributed by atoms with Crippen LogP contribution in [0, 0.1) is 0 Å². The summed E-state index contributed by atoms with van der Waals surface area (Å²) in [4.78, 5) is 26.8. The number of benzene rings is 1. The van der Waals surface area contributed by atoms with Gasteiger partial charge in [-0.2, -0.15) is 5.09 Å². The van der Waals surface area contributed by atoms with Crippen LogP contribution in [0.25, 0.3) is 11.2 Å². The number of carbonyl (C=O) groups excluding carboxylic acids is 1. The Morgan fingerprint density at radius 2 is 2.05 bits per heavy atom. The Labute approximate surface area is 217 Å². The molecule has 4 heterocycles. The van der Waals surface area contributed by atoms with Crippen LogP contribution in [0.15, 0.2) is 43.0 Å². The molecule has 2 fully saturated rings. The third-order valence-corrected chi connectivity index (χ3v) is 7.98. The Balaban J connectivity index is 1.36. The zero-order valence-corrected chi connectivity index (χ0v) is 21.8. The summed E-state index contributed by atoms with van der Waals surface area (Å²) in [7, 11) is -3.04. The molecule has 2 aromatic heterocycles. The molecule has 0 radical (unpaired) electrons. The Bertz CT molecular complexity index is 1350. The number of hydrogen-bond acceptors (Lipinski definition) is 11. The van der Waals surface area contributed by atoms with Crippen LogP contribution in [0.1, 0.15) is 20.1 Å². The molecule has 0 spiro atoms. The average molecular weight is 550 g/mol. The predicted molar refractivity (Wildman–Crippen MR) is 132 cm³/mol. The molecule has 6 atom stereocenters. The van der Waals surface area contributed by atoms with E-state index in [1.165, 1.54) is 38.2 Å². The first-order chi connectivity index (χ1) is 18.1. The standard InChI is InChI=1S/C23H28FN6O7P/c1-14(21(32)34-3)28-38(33,37-15-7-5-4-6-8-15)35-11-16-18(31)23(2,24)22(36-16)30-13-27-17-19(29-9-10-29)25-12-26-20(17)30/h4-8,12-14,16,18,22,31H,9-11H2,1-3H3,(H,28,33)/t14?,16-,18-,22-,23-,38?/m1/s1. The Morgan fingerprint density at radius 3 is 2.74 bits per heavy atom. The first-order valence-electron chi connectivity index (χ1n) is 11.9. The number of aromatic nitrogens is 4. The number of nitrogens with one attached hydrogen (secondary N) is 1. The van der Waals surface area contributed by atoms with E-state index in [4.69, 9.17) is 13.8 Å². The molecule has 0 amide bonds. The number of anilines is 1. The van der Waals surface area contributed by atoms with Crippen molar-refractivity contribution in [2.45, 2.75) is 44.0 Å². The van der Waals surface area contributed by atoms with Crippen molar-refractivity contribution in [3.05, 3.63) is 43.0 Å². The van der Waals surface area contributed by atoms with Gasteiger partial charge in [-0.15, -0.1) is 0 Å². The van der Waals surface area contributed by atoms with Gasteiger partial charge in [0.25, 0.3) is 0 Å². The second-order valence-electron chi connectivity index (χ2n) is 9.20. The summed E-state index contributed by atoms with van der Waals surface area (Å²) < 4.78 is 52.6.